The first-order chi connectivity index (χ1) is 14.7. The van der Waals surface area contributed by atoms with E-state index in [1.165, 1.54) is 0 Å². The molecule has 0 aliphatic carbocycles. The van der Waals surface area contributed by atoms with Crippen LogP contribution in [0.3, 0.4) is 0 Å². The molecule has 0 atom stereocenters. The van der Waals surface area contributed by atoms with E-state index in [2.05, 4.69) is 11.5 Å². The van der Waals surface area contributed by atoms with Gasteiger partial charge in [-0.15, -0.1) is 0 Å². The number of aromatic nitrogens is 1. The maximum absolute atomic E-state index is 13.2. The average Bonchev–Trinajstić information content (AvgIpc) is 3.40. The van der Waals surface area contributed by atoms with Crippen LogP contribution in [0.5, 0.6) is 0 Å². The smallest absolute Gasteiger partial charge is 0.289 e. The Kier molecular flexibility index (Phi) is 4.54. The number of fused-ring (bicyclic) bond motifs is 2. The van der Waals surface area contributed by atoms with Crippen LogP contribution in [0.15, 0.2) is 65.2 Å². The van der Waals surface area contributed by atoms with Crippen molar-refractivity contribution < 1.29 is 14.0 Å². The van der Waals surface area contributed by atoms with Gasteiger partial charge in [-0.1, -0.05) is 36.4 Å². The fourth-order valence-corrected chi connectivity index (χ4v) is 4.20. The van der Waals surface area contributed by atoms with E-state index >= 15 is 0 Å². The lowest BCUT2D eigenvalue weighted by molar-refractivity contribution is 0.0520. The second-order valence-electron chi connectivity index (χ2n) is 7.58. The number of nitrogens with zero attached hydrogens (tertiary/aromatic N) is 3. The number of hydrogen-bond acceptors (Lipinski definition) is 3. The summed E-state index contributed by atoms with van der Waals surface area (Å²) in [5, 5.41) is 1.90. The number of piperazine rings is 1. The van der Waals surface area contributed by atoms with Gasteiger partial charge in [0.1, 0.15) is 5.58 Å². The zero-order valence-electron chi connectivity index (χ0n) is 16.9. The molecule has 5 rings (SSSR count). The number of benzene rings is 2. The Morgan fingerprint density at radius 2 is 1.57 bits per heavy atom. The zero-order valence-corrected chi connectivity index (χ0v) is 16.9. The van der Waals surface area contributed by atoms with E-state index in [4.69, 9.17) is 4.42 Å². The third-order valence-corrected chi connectivity index (χ3v) is 5.85. The van der Waals surface area contributed by atoms with Gasteiger partial charge in [0.05, 0.1) is 5.56 Å². The molecule has 2 aromatic carbocycles. The molecular formula is C24H23N3O3. The summed E-state index contributed by atoms with van der Waals surface area (Å²) in [4.78, 5) is 29.7. The van der Waals surface area contributed by atoms with Gasteiger partial charge >= 0.3 is 0 Å². The van der Waals surface area contributed by atoms with Crippen molar-refractivity contribution in [1.82, 2.24) is 14.4 Å². The fourth-order valence-electron chi connectivity index (χ4n) is 4.20. The Hall–Kier alpha value is -3.54. The van der Waals surface area contributed by atoms with Crippen LogP contribution in [-0.2, 0) is 6.54 Å². The van der Waals surface area contributed by atoms with Crippen molar-refractivity contribution in [2.24, 2.45) is 0 Å². The van der Waals surface area contributed by atoms with Crippen LogP contribution in [0, 0.1) is 0 Å². The van der Waals surface area contributed by atoms with Gasteiger partial charge < -0.3 is 18.8 Å². The second-order valence-corrected chi connectivity index (χ2v) is 7.58. The van der Waals surface area contributed by atoms with Gasteiger partial charge in [0.15, 0.2) is 5.76 Å². The molecule has 30 heavy (non-hydrogen) atoms. The monoisotopic (exact) mass is 401 g/mol. The van der Waals surface area contributed by atoms with Crippen LogP contribution in [0.4, 0.5) is 0 Å². The summed E-state index contributed by atoms with van der Waals surface area (Å²) in [7, 11) is 0. The van der Waals surface area contributed by atoms with E-state index in [9.17, 15) is 9.59 Å². The van der Waals surface area contributed by atoms with Gasteiger partial charge in [0, 0.05) is 55.2 Å². The molecule has 0 unspecified atom stereocenters. The van der Waals surface area contributed by atoms with Crippen LogP contribution >= 0.6 is 0 Å². The molecule has 6 nitrogen and oxygen atoms in total. The molecule has 0 N–H and O–H groups in total. The molecule has 1 saturated heterocycles. The van der Waals surface area contributed by atoms with E-state index in [-0.39, 0.29) is 11.8 Å². The summed E-state index contributed by atoms with van der Waals surface area (Å²) in [6.07, 6.45) is 1.94. The first-order valence-corrected chi connectivity index (χ1v) is 10.3. The summed E-state index contributed by atoms with van der Waals surface area (Å²) >= 11 is 0. The largest absolute Gasteiger partial charge is 0.451 e. The van der Waals surface area contributed by atoms with Crippen molar-refractivity contribution in [1.29, 1.82) is 0 Å². The Labute approximate surface area is 174 Å². The maximum Gasteiger partial charge on any atom is 0.289 e. The van der Waals surface area contributed by atoms with Crippen LogP contribution in [0.2, 0.25) is 0 Å². The summed E-state index contributed by atoms with van der Waals surface area (Å²) in [5.41, 5.74) is 2.51. The molecular weight excluding hydrogens is 378 g/mol. The molecule has 1 aliphatic rings. The number of para-hydroxylation sites is 2. The molecule has 4 aromatic rings. The van der Waals surface area contributed by atoms with Crippen LogP contribution < -0.4 is 0 Å². The van der Waals surface area contributed by atoms with E-state index in [1.807, 2.05) is 59.6 Å². The molecule has 2 aromatic heterocycles. The van der Waals surface area contributed by atoms with Crippen molar-refractivity contribution in [3.63, 3.8) is 0 Å². The molecule has 0 bridgehead atoms. The summed E-state index contributed by atoms with van der Waals surface area (Å²) < 4.78 is 7.82. The quantitative estimate of drug-likeness (QED) is 0.521. The molecule has 152 valence electrons. The zero-order chi connectivity index (χ0) is 20.7. The Bertz CT molecular complexity index is 1210. The number of rotatable bonds is 3. The topological polar surface area (TPSA) is 58.7 Å². The van der Waals surface area contributed by atoms with Crippen molar-refractivity contribution in [2.45, 2.75) is 13.5 Å². The fraction of sp³-hybridized carbons (Fsp3) is 0.250. The Morgan fingerprint density at radius 3 is 2.30 bits per heavy atom. The third kappa shape index (κ3) is 3.05. The molecule has 0 saturated carbocycles. The lowest BCUT2D eigenvalue weighted by Crippen LogP contribution is -2.50. The highest BCUT2D eigenvalue weighted by molar-refractivity contribution is 6.07. The van der Waals surface area contributed by atoms with Crippen molar-refractivity contribution >= 4 is 33.7 Å². The van der Waals surface area contributed by atoms with E-state index in [0.717, 1.165) is 28.4 Å². The molecule has 6 heteroatoms. The normalized spacial score (nSPS) is 14.6. The standard InChI is InChI=1S/C24H23N3O3/c1-2-25-16-19(18-8-4-5-9-20(18)25)23(28)26-11-13-27(14-12-26)24(29)22-15-17-7-3-6-10-21(17)30-22/h3-10,15-16H,2,11-14H2,1H3. The number of carbonyl (C=O) groups excluding carboxylic acids is 2. The minimum absolute atomic E-state index is 0.0224. The first-order valence-electron chi connectivity index (χ1n) is 10.3. The SMILES string of the molecule is CCn1cc(C(=O)N2CCN(C(=O)c3cc4ccccc4o3)CC2)c2ccccc21. The number of furan rings is 1. The maximum atomic E-state index is 13.2. The minimum Gasteiger partial charge on any atom is -0.451 e. The highest BCUT2D eigenvalue weighted by Gasteiger charge is 2.28. The molecule has 0 radical (unpaired) electrons. The highest BCUT2D eigenvalue weighted by atomic mass is 16.3. The van der Waals surface area contributed by atoms with Gasteiger partial charge in [-0.25, -0.2) is 0 Å². The molecule has 1 fully saturated rings. The molecule has 1 aliphatic heterocycles. The van der Waals surface area contributed by atoms with E-state index in [0.29, 0.717) is 37.5 Å². The first kappa shape index (κ1) is 18.5. The Morgan fingerprint density at radius 1 is 0.900 bits per heavy atom. The van der Waals surface area contributed by atoms with Gasteiger partial charge in [-0.3, -0.25) is 9.59 Å². The predicted octanol–water partition coefficient (Wildman–Crippen LogP) is 4.01. The summed E-state index contributed by atoms with van der Waals surface area (Å²) in [6, 6.07) is 17.4. The summed E-state index contributed by atoms with van der Waals surface area (Å²) in [6.45, 7) is 4.89. The molecule has 3 heterocycles. The third-order valence-electron chi connectivity index (χ3n) is 5.85. The van der Waals surface area contributed by atoms with Crippen molar-refractivity contribution in [3.05, 3.63) is 72.1 Å². The Balaban J connectivity index is 1.31. The van der Waals surface area contributed by atoms with Gasteiger partial charge in [-0.05, 0) is 25.1 Å². The second kappa shape index (κ2) is 7.37. The lowest BCUT2D eigenvalue weighted by Gasteiger charge is -2.34. The average molecular weight is 401 g/mol. The number of hydrogen-bond donors (Lipinski definition) is 0. The number of aryl methyl sites for hydroxylation is 1. The predicted molar refractivity (Wildman–Crippen MR) is 116 cm³/mol. The van der Waals surface area contributed by atoms with Crippen molar-refractivity contribution in [2.75, 3.05) is 26.2 Å². The molecule has 0 spiro atoms. The van der Waals surface area contributed by atoms with E-state index in [1.54, 1.807) is 11.0 Å². The number of carbonyl (C=O) groups is 2. The van der Waals surface area contributed by atoms with Gasteiger partial charge in [0.25, 0.3) is 11.8 Å². The van der Waals surface area contributed by atoms with Crippen molar-refractivity contribution in [3.8, 4) is 0 Å². The van der Waals surface area contributed by atoms with Crippen LogP contribution in [-0.4, -0.2) is 52.4 Å². The summed E-state index contributed by atoms with van der Waals surface area (Å²) in [5.74, 6) is 0.247. The highest BCUT2D eigenvalue weighted by Crippen LogP contribution is 2.24. The van der Waals surface area contributed by atoms with Crippen LogP contribution in [0.1, 0.15) is 27.8 Å². The number of amides is 2. The van der Waals surface area contributed by atoms with Gasteiger partial charge in [-0.2, -0.15) is 0 Å². The van der Waals surface area contributed by atoms with E-state index < -0.39 is 0 Å². The lowest BCUT2D eigenvalue weighted by atomic mass is 10.1. The minimum atomic E-state index is -0.124. The van der Waals surface area contributed by atoms with Gasteiger partial charge in [0.2, 0.25) is 0 Å². The molecule has 2 amide bonds. The van der Waals surface area contributed by atoms with Crippen LogP contribution in [0.25, 0.3) is 21.9 Å².